The van der Waals surface area contributed by atoms with Crippen molar-refractivity contribution >= 4 is 5.95 Å². The van der Waals surface area contributed by atoms with Crippen LogP contribution in [0.25, 0.3) is 0 Å². The standard InChI is InChI=1S/C13H15N3O3/c17-11(10-4-2-1-3-5-10)12-14-13(15-19-12)16-6-8-18-9-7-16/h1-5,11,17H,6-9H2. The number of morpholine rings is 1. The summed E-state index contributed by atoms with van der Waals surface area (Å²) < 4.78 is 10.4. The molecule has 100 valence electrons. The van der Waals surface area contributed by atoms with Crippen molar-refractivity contribution in [2.45, 2.75) is 6.10 Å². The van der Waals surface area contributed by atoms with Gasteiger partial charge in [-0.05, 0) is 10.7 Å². The molecule has 1 fully saturated rings. The number of hydrogen-bond acceptors (Lipinski definition) is 6. The van der Waals surface area contributed by atoms with E-state index < -0.39 is 6.10 Å². The van der Waals surface area contributed by atoms with Crippen molar-refractivity contribution in [3.63, 3.8) is 0 Å². The largest absolute Gasteiger partial charge is 0.378 e. The third kappa shape index (κ3) is 2.59. The fourth-order valence-electron chi connectivity index (χ4n) is 2.01. The van der Waals surface area contributed by atoms with Crippen molar-refractivity contribution in [2.24, 2.45) is 0 Å². The molecule has 1 aliphatic heterocycles. The Morgan fingerprint density at radius 3 is 2.63 bits per heavy atom. The van der Waals surface area contributed by atoms with Gasteiger partial charge in [0.25, 0.3) is 11.8 Å². The predicted molar refractivity (Wildman–Crippen MR) is 67.8 cm³/mol. The van der Waals surface area contributed by atoms with E-state index in [2.05, 4.69) is 10.1 Å². The lowest BCUT2D eigenvalue weighted by atomic mass is 10.1. The van der Waals surface area contributed by atoms with Crippen molar-refractivity contribution in [1.82, 2.24) is 10.1 Å². The Kier molecular flexibility index (Phi) is 3.43. The van der Waals surface area contributed by atoms with E-state index in [1.54, 1.807) is 0 Å². The molecular formula is C13H15N3O3. The number of hydrogen-bond donors (Lipinski definition) is 1. The van der Waals surface area contributed by atoms with Crippen LogP contribution in [-0.2, 0) is 4.74 Å². The minimum absolute atomic E-state index is 0.215. The topological polar surface area (TPSA) is 71.6 Å². The second-order valence-electron chi connectivity index (χ2n) is 4.35. The Labute approximate surface area is 110 Å². The number of aliphatic hydroxyl groups excluding tert-OH is 1. The van der Waals surface area contributed by atoms with E-state index in [9.17, 15) is 5.11 Å². The lowest BCUT2D eigenvalue weighted by Gasteiger charge is -2.24. The summed E-state index contributed by atoms with van der Waals surface area (Å²) in [6.45, 7) is 2.79. The highest BCUT2D eigenvalue weighted by Gasteiger charge is 2.21. The summed E-state index contributed by atoms with van der Waals surface area (Å²) in [5, 5.41) is 14.1. The first-order chi connectivity index (χ1) is 9.34. The number of nitrogens with zero attached hydrogens (tertiary/aromatic N) is 3. The number of aliphatic hydroxyl groups is 1. The normalized spacial score (nSPS) is 17.4. The van der Waals surface area contributed by atoms with Crippen LogP contribution in [0.3, 0.4) is 0 Å². The molecule has 0 bridgehead atoms. The summed E-state index contributed by atoms with van der Waals surface area (Å²) in [6.07, 6.45) is -0.886. The number of benzene rings is 1. The quantitative estimate of drug-likeness (QED) is 0.888. The van der Waals surface area contributed by atoms with Gasteiger partial charge in [0, 0.05) is 13.1 Å². The Balaban J connectivity index is 1.77. The highest BCUT2D eigenvalue weighted by Crippen LogP contribution is 2.22. The fourth-order valence-corrected chi connectivity index (χ4v) is 2.01. The van der Waals surface area contributed by atoms with Gasteiger partial charge in [-0.1, -0.05) is 30.3 Å². The number of rotatable bonds is 3. The minimum Gasteiger partial charge on any atom is -0.378 e. The fraction of sp³-hybridized carbons (Fsp3) is 0.385. The smallest absolute Gasteiger partial charge is 0.266 e. The van der Waals surface area contributed by atoms with Gasteiger partial charge < -0.3 is 19.3 Å². The van der Waals surface area contributed by atoms with Gasteiger partial charge in [-0.15, -0.1) is 0 Å². The average Bonchev–Trinajstić information content (AvgIpc) is 2.98. The molecule has 0 aliphatic carbocycles. The second-order valence-corrected chi connectivity index (χ2v) is 4.35. The van der Waals surface area contributed by atoms with Crippen LogP contribution in [0.1, 0.15) is 17.6 Å². The average molecular weight is 261 g/mol. The predicted octanol–water partition coefficient (Wildman–Crippen LogP) is 0.988. The molecule has 1 saturated heterocycles. The van der Waals surface area contributed by atoms with Crippen LogP contribution in [0.2, 0.25) is 0 Å². The van der Waals surface area contributed by atoms with Gasteiger partial charge in [0.1, 0.15) is 0 Å². The SMILES string of the molecule is OC(c1ccccc1)c1nc(N2CCOCC2)no1. The van der Waals surface area contributed by atoms with Gasteiger partial charge in [-0.25, -0.2) is 0 Å². The van der Waals surface area contributed by atoms with Gasteiger partial charge in [0.2, 0.25) is 0 Å². The lowest BCUT2D eigenvalue weighted by molar-refractivity contribution is 0.121. The summed E-state index contributed by atoms with van der Waals surface area (Å²) >= 11 is 0. The summed E-state index contributed by atoms with van der Waals surface area (Å²) in [5.74, 6) is 0.723. The maximum atomic E-state index is 10.2. The Morgan fingerprint density at radius 1 is 1.16 bits per heavy atom. The number of aromatic nitrogens is 2. The van der Waals surface area contributed by atoms with Gasteiger partial charge in [0.05, 0.1) is 13.2 Å². The molecule has 0 saturated carbocycles. The van der Waals surface area contributed by atoms with E-state index in [-0.39, 0.29) is 5.89 Å². The zero-order valence-electron chi connectivity index (χ0n) is 10.4. The summed E-state index contributed by atoms with van der Waals surface area (Å²) in [7, 11) is 0. The molecule has 1 aliphatic rings. The molecule has 1 unspecified atom stereocenters. The first kappa shape index (κ1) is 12.1. The highest BCUT2D eigenvalue weighted by molar-refractivity contribution is 5.30. The molecule has 1 N–H and O–H groups in total. The van der Waals surface area contributed by atoms with Crippen molar-refractivity contribution in [3.8, 4) is 0 Å². The van der Waals surface area contributed by atoms with Crippen LogP contribution in [0.5, 0.6) is 0 Å². The van der Waals surface area contributed by atoms with E-state index in [0.717, 1.165) is 18.7 Å². The van der Waals surface area contributed by atoms with Crippen LogP contribution < -0.4 is 4.90 Å². The molecule has 1 atom stereocenters. The monoisotopic (exact) mass is 261 g/mol. The number of ether oxygens (including phenoxy) is 1. The minimum atomic E-state index is -0.886. The molecule has 0 amide bonds. The summed E-state index contributed by atoms with van der Waals surface area (Å²) in [6, 6.07) is 9.26. The van der Waals surface area contributed by atoms with Crippen LogP contribution in [0, 0.1) is 0 Å². The van der Waals surface area contributed by atoms with E-state index in [4.69, 9.17) is 9.26 Å². The zero-order valence-corrected chi connectivity index (χ0v) is 10.4. The van der Waals surface area contributed by atoms with E-state index in [1.807, 2.05) is 35.2 Å². The third-order valence-electron chi connectivity index (χ3n) is 3.07. The Hall–Kier alpha value is -1.92. The molecule has 1 aromatic heterocycles. The first-order valence-electron chi connectivity index (χ1n) is 6.24. The van der Waals surface area contributed by atoms with Crippen molar-refractivity contribution in [1.29, 1.82) is 0 Å². The molecule has 2 aromatic rings. The molecular weight excluding hydrogens is 246 g/mol. The second kappa shape index (κ2) is 5.38. The molecule has 6 heteroatoms. The van der Waals surface area contributed by atoms with Crippen LogP contribution in [0.4, 0.5) is 5.95 Å². The van der Waals surface area contributed by atoms with Crippen LogP contribution >= 0.6 is 0 Å². The number of anilines is 1. The van der Waals surface area contributed by atoms with Crippen molar-refractivity contribution in [3.05, 3.63) is 41.8 Å². The maximum absolute atomic E-state index is 10.2. The van der Waals surface area contributed by atoms with Crippen LogP contribution in [-0.4, -0.2) is 41.6 Å². The Morgan fingerprint density at radius 2 is 1.89 bits per heavy atom. The first-order valence-corrected chi connectivity index (χ1v) is 6.24. The summed E-state index contributed by atoms with van der Waals surface area (Å²) in [5.41, 5.74) is 0.736. The Bertz CT molecular complexity index is 523. The lowest BCUT2D eigenvalue weighted by Crippen LogP contribution is -2.36. The van der Waals surface area contributed by atoms with Crippen molar-refractivity contribution < 1.29 is 14.4 Å². The van der Waals surface area contributed by atoms with Gasteiger partial charge in [0.15, 0.2) is 6.10 Å². The van der Waals surface area contributed by atoms with E-state index >= 15 is 0 Å². The zero-order chi connectivity index (χ0) is 13.1. The van der Waals surface area contributed by atoms with Crippen molar-refractivity contribution in [2.75, 3.05) is 31.2 Å². The molecule has 3 rings (SSSR count). The molecule has 0 spiro atoms. The van der Waals surface area contributed by atoms with Gasteiger partial charge in [-0.2, -0.15) is 4.98 Å². The molecule has 2 heterocycles. The highest BCUT2D eigenvalue weighted by atomic mass is 16.5. The molecule has 0 radical (unpaired) electrons. The molecule has 1 aromatic carbocycles. The van der Waals surface area contributed by atoms with Crippen LogP contribution in [0.15, 0.2) is 34.9 Å². The van der Waals surface area contributed by atoms with Gasteiger partial charge in [-0.3, -0.25) is 0 Å². The molecule has 19 heavy (non-hydrogen) atoms. The maximum Gasteiger partial charge on any atom is 0.266 e. The van der Waals surface area contributed by atoms with E-state index in [0.29, 0.717) is 19.2 Å². The summed E-state index contributed by atoms with van der Waals surface area (Å²) in [4.78, 5) is 6.23. The molecule has 6 nitrogen and oxygen atoms in total. The van der Waals surface area contributed by atoms with Gasteiger partial charge >= 0.3 is 0 Å². The van der Waals surface area contributed by atoms with E-state index in [1.165, 1.54) is 0 Å². The third-order valence-corrected chi connectivity index (χ3v) is 3.07.